The van der Waals surface area contributed by atoms with Crippen molar-refractivity contribution in [1.82, 2.24) is 0 Å². The van der Waals surface area contributed by atoms with Gasteiger partial charge in [0.15, 0.2) is 5.78 Å². The highest BCUT2D eigenvalue weighted by Gasteiger charge is 2.26. The van der Waals surface area contributed by atoms with E-state index in [-0.39, 0.29) is 31.5 Å². The van der Waals surface area contributed by atoms with E-state index in [4.69, 9.17) is 18.9 Å². The van der Waals surface area contributed by atoms with Crippen LogP contribution in [0.2, 0.25) is 0 Å². The number of methoxy groups -OCH3 is 1. The minimum absolute atomic E-state index is 0.0207. The Morgan fingerprint density at radius 3 is 2.09 bits per heavy atom. The zero-order valence-electron chi connectivity index (χ0n) is 19.8. The molecule has 0 heterocycles. The van der Waals surface area contributed by atoms with Gasteiger partial charge in [-0.3, -0.25) is 9.59 Å². The summed E-state index contributed by atoms with van der Waals surface area (Å²) in [6.07, 6.45) is 3.69. The Morgan fingerprint density at radius 2 is 1.58 bits per heavy atom. The minimum Gasteiger partial charge on any atom is -0.491 e. The van der Waals surface area contributed by atoms with Crippen LogP contribution in [0.1, 0.15) is 47.8 Å². The van der Waals surface area contributed by atoms with Crippen molar-refractivity contribution in [3.05, 3.63) is 77.9 Å². The molecule has 0 spiro atoms. The molecular weight excluding hydrogens is 420 g/mol. The van der Waals surface area contributed by atoms with Crippen molar-refractivity contribution in [3.63, 3.8) is 0 Å². The Morgan fingerprint density at radius 1 is 0.970 bits per heavy atom. The van der Waals surface area contributed by atoms with Crippen LogP contribution in [-0.2, 0) is 22.4 Å². The van der Waals surface area contributed by atoms with E-state index in [0.29, 0.717) is 40.4 Å². The third-order valence-corrected chi connectivity index (χ3v) is 4.80. The fraction of sp³-hybridized carbons (Fsp3) is 0.333. The van der Waals surface area contributed by atoms with Gasteiger partial charge in [0, 0.05) is 11.6 Å². The normalized spacial score (nSPS) is 10.5. The number of hydrogen-bond donors (Lipinski definition) is 0. The molecule has 0 bridgehead atoms. The lowest BCUT2D eigenvalue weighted by Crippen LogP contribution is -2.17. The molecule has 2 rings (SSSR count). The molecular formula is C27H32O6. The molecule has 6 nitrogen and oxygen atoms in total. The van der Waals surface area contributed by atoms with E-state index in [2.05, 4.69) is 13.2 Å². The Bertz CT molecular complexity index is 989. The van der Waals surface area contributed by atoms with Gasteiger partial charge in [-0.25, -0.2) is 0 Å². The lowest BCUT2D eigenvalue weighted by Gasteiger charge is -2.21. The molecule has 0 saturated heterocycles. The first-order valence-electron chi connectivity index (χ1n) is 10.9. The van der Waals surface area contributed by atoms with Crippen LogP contribution in [0.5, 0.6) is 17.2 Å². The molecule has 0 fully saturated rings. The van der Waals surface area contributed by atoms with Crippen molar-refractivity contribution in [2.45, 2.75) is 39.7 Å². The molecule has 0 atom stereocenters. The van der Waals surface area contributed by atoms with Crippen LogP contribution < -0.4 is 14.2 Å². The molecule has 0 N–H and O–H groups in total. The Balaban J connectivity index is 2.69. The van der Waals surface area contributed by atoms with Crippen LogP contribution in [0.15, 0.2) is 55.6 Å². The average Bonchev–Trinajstić information content (AvgIpc) is 2.80. The van der Waals surface area contributed by atoms with Crippen molar-refractivity contribution >= 4 is 11.8 Å². The van der Waals surface area contributed by atoms with Crippen LogP contribution in [0.25, 0.3) is 0 Å². The summed E-state index contributed by atoms with van der Waals surface area (Å²) >= 11 is 0. The van der Waals surface area contributed by atoms with Crippen LogP contribution in [0, 0.1) is 0 Å². The second kappa shape index (κ2) is 12.5. The number of rotatable bonds is 13. The predicted molar refractivity (Wildman–Crippen MR) is 129 cm³/mol. The highest BCUT2D eigenvalue weighted by Crippen LogP contribution is 2.37. The lowest BCUT2D eigenvalue weighted by molar-refractivity contribution is -0.139. The Labute approximate surface area is 195 Å². The quantitative estimate of drug-likeness (QED) is 0.239. The van der Waals surface area contributed by atoms with Gasteiger partial charge in [-0.1, -0.05) is 32.2 Å². The number of esters is 1. The summed E-state index contributed by atoms with van der Waals surface area (Å²) < 4.78 is 22.3. The summed E-state index contributed by atoms with van der Waals surface area (Å²) in [5.74, 6) is 0.788. The molecule has 0 aliphatic carbocycles. The number of carbonyl (C=O) groups excluding carboxylic acids is 2. The number of benzene rings is 2. The van der Waals surface area contributed by atoms with E-state index in [1.807, 2.05) is 20.8 Å². The van der Waals surface area contributed by atoms with E-state index in [1.54, 1.807) is 42.5 Å². The average molecular weight is 453 g/mol. The smallest absolute Gasteiger partial charge is 0.310 e. The summed E-state index contributed by atoms with van der Waals surface area (Å²) in [6.45, 7) is 13.6. The Kier molecular flexibility index (Phi) is 9.73. The molecule has 0 saturated carbocycles. The van der Waals surface area contributed by atoms with Crippen molar-refractivity contribution < 1.29 is 28.5 Å². The topological polar surface area (TPSA) is 71.1 Å². The number of carbonyl (C=O) groups is 2. The van der Waals surface area contributed by atoms with E-state index in [9.17, 15) is 9.59 Å². The van der Waals surface area contributed by atoms with Gasteiger partial charge in [0.25, 0.3) is 0 Å². The van der Waals surface area contributed by atoms with Gasteiger partial charge in [-0.15, -0.1) is 0 Å². The third-order valence-electron chi connectivity index (χ3n) is 4.80. The predicted octanol–water partition coefficient (Wildman–Crippen LogP) is 5.11. The van der Waals surface area contributed by atoms with Crippen molar-refractivity contribution in [2.75, 3.05) is 20.3 Å². The van der Waals surface area contributed by atoms with E-state index < -0.39 is 5.97 Å². The minimum atomic E-state index is -0.463. The maximum Gasteiger partial charge on any atom is 0.310 e. The fourth-order valence-electron chi connectivity index (χ4n) is 3.42. The monoisotopic (exact) mass is 452 g/mol. The molecule has 0 amide bonds. The SMILES string of the molecule is C=CCOc1cc(OCC=C)c(C(=O)c2ccc(OC(C)C)cc2)c(CC(=O)OC)c1CC. The molecule has 0 aliphatic rings. The molecule has 176 valence electrons. The first-order valence-corrected chi connectivity index (χ1v) is 10.9. The second-order valence-electron chi connectivity index (χ2n) is 7.53. The maximum absolute atomic E-state index is 13.7. The van der Waals surface area contributed by atoms with Gasteiger partial charge in [-0.05, 0) is 55.7 Å². The van der Waals surface area contributed by atoms with Crippen molar-refractivity contribution in [3.8, 4) is 17.2 Å². The molecule has 0 aliphatic heterocycles. The molecule has 0 unspecified atom stereocenters. The zero-order valence-corrected chi connectivity index (χ0v) is 19.8. The first-order chi connectivity index (χ1) is 15.9. The lowest BCUT2D eigenvalue weighted by atomic mass is 9.90. The van der Waals surface area contributed by atoms with Gasteiger partial charge >= 0.3 is 5.97 Å². The second-order valence-corrected chi connectivity index (χ2v) is 7.53. The molecule has 2 aromatic carbocycles. The summed E-state index contributed by atoms with van der Waals surface area (Å²) in [5.41, 5.74) is 2.03. The van der Waals surface area contributed by atoms with E-state index in [0.717, 1.165) is 5.56 Å². The molecule has 6 heteroatoms. The molecule has 33 heavy (non-hydrogen) atoms. The highest BCUT2D eigenvalue weighted by molar-refractivity contribution is 6.12. The van der Waals surface area contributed by atoms with Crippen molar-refractivity contribution in [1.29, 1.82) is 0 Å². The van der Waals surface area contributed by atoms with Crippen LogP contribution in [0.4, 0.5) is 0 Å². The van der Waals surface area contributed by atoms with Crippen molar-refractivity contribution in [2.24, 2.45) is 0 Å². The number of ketones is 1. The fourth-order valence-corrected chi connectivity index (χ4v) is 3.42. The largest absolute Gasteiger partial charge is 0.491 e. The molecule has 2 aromatic rings. The summed E-state index contributed by atoms with van der Waals surface area (Å²) in [7, 11) is 1.32. The van der Waals surface area contributed by atoms with Crippen LogP contribution in [-0.4, -0.2) is 38.2 Å². The number of hydrogen-bond acceptors (Lipinski definition) is 6. The molecule has 0 radical (unpaired) electrons. The summed E-state index contributed by atoms with van der Waals surface area (Å²) in [4.78, 5) is 26.0. The van der Waals surface area contributed by atoms with Gasteiger partial charge in [0.05, 0.1) is 25.2 Å². The number of ether oxygens (including phenoxy) is 4. The van der Waals surface area contributed by atoms with E-state index >= 15 is 0 Å². The van der Waals surface area contributed by atoms with Gasteiger partial charge in [0.1, 0.15) is 30.5 Å². The molecule has 0 aromatic heterocycles. The van der Waals surface area contributed by atoms with Gasteiger partial charge in [-0.2, -0.15) is 0 Å². The maximum atomic E-state index is 13.7. The first kappa shape index (κ1) is 25.7. The standard InChI is InChI=1S/C27H32O6/c1-7-14-31-23-17-24(32-15-8-2)26(22(21(23)9-3)16-25(28)30-6)27(29)19-10-12-20(13-11-19)33-18(4)5/h7-8,10-13,17-18H,1-2,9,14-16H2,3-6H3. The van der Waals surface area contributed by atoms with E-state index in [1.165, 1.54) is 7.11 Å². The van der Waals surface area contributed by atoms with Crippen LogP contribution in [0.3, 0.4) is 0 Å². The summed E-state index contributed by atoms with van der Waals surface area (Å²) in [5, 5.41) is 0. The highest BCUT2D eigenvalue weighted by atomic mass is 16.5. The van der Waals surface area contributed by atoms with Gasteiger partial charge < -0.3 is 18.9 Å². The summed E-state index contributed by atoms with van der Waals surface area (Å²) in [6, 6.07) is 8.59. The zero-order chi connectivity index (χ0) is 24.4. The Hall–Kier alpha value is -3.54. The van der Waals surface area contributed by atoms with Gasteiger partial charge in [0.2, 0.25) is 0 Å². The van der Waals surface area contributed by atoms with Crippen LogP contribution >= 0.6 is 0 Å². The third kappa shape index (κ3) is 6.72.